The fraction of sp³-hybridized carbons (Fsp3) is 0.136. The fourth-order valence-corrected chi connectivity index (χ4v) is 2.71. The first-order valence-corrected chi connectivity index (χ1v) is 8.82. The molecular formula is C22H19NO7. The zero-order chi connectivity index (χ0) is 21.7. The van der Waals surface area contributed by atoms with Gasteiger partial charge in [-0.1, -0.05) is 12.1 Å². The van der Waals surface area contributed by atoms with Crippen molar-refractivity contribution in [3.05, 3.63) is 70.1 Å². The van der Waals surface area contributed by atoms with Gasteiger partial charge >= 0.3 is 5.63 Å². The van der Waals surface area contributed by atoms with Gasteiger partial charge < -0.3 is 18.6 Å². The number of hydrogen-bond acceptors (Lipinski definition) is 7. The van der Waals surface area contributed by atoms with Gasteiger partial charge in [-0.3, -0.25) is 14.9 Å². The zero-order valence-electron chi connectivity index (χ0n) is 16.6. The number of ether oxygens (including phenoxy) is 3. The van der Waals surface area contributed by atoms with Crippen LogP contribution in [0.4, 0.5) is 0 Å². The lowest BCUT2D eigenvalue weighted by Crippen LogP contribution is -2.32. The molecule has 8 heteroatoms. The Hall–Kier alpha value is -4.07. The Bertz CT molecular complexity index is 1180. The molecule has 154 valence electrons. The molecule has 0 bridgehead atoms. The number of amides is 2. The average Bonchev–Trinajstić information content (AvgIpc) is 2.76. The monoisotopic (exact) mass is 409 g/mol. The quantitative estimate of drug-likeness (QED) is 0.493. The molecule has 0 aliphatic rings. The summed E-state index contributed by atoms with van der Waals surface area (Å²) in [7, 11) is 4.46. The van der Waals surface area contributed by atoms with E-state index in [4.69, 9.17) is 18.6 Å². The topological polar surface area (TPSA) is 104 Å². The van der Waals surface area contributed by atoms with Crippen LogP contribution < -0.4 is 25.2 Å². The lowest BCUT2D eigenvalue weighted by Gasteiger charge is -2.08. The van der Waals surface area contributed by atoms with Crippen LogP contribution in [0.3, 0.4) is 0 Å². The number of fused-ring (bicyclic) bond motifs is 1. The molecule has 0 spiro atoms. The van der Waals surface area contributed by atoms with Gasteiger partial charge in [0.1, 0.15) is 28.4 Å². The van der Waals surface area contributed by atoms with Gasteiger partial charge in [0, 0.05) is 18.2 Å². The first-order valence-electron chi connectivity index (χ1n) is 8.82. The molecule has 1 heterocycles. The standard InChI is InChI=1S/C22H19NO7/c1-27-14-7-4-13(5-8-14)6-9-20(24)23-21(25)17-12-16-18(29-3)10-15(28-2)11-19(16)30-22(17)26/h4-12H,1-3H3,(H,23,24,25)/b9-6+. The summed E-state index contributed by atoms with van der Waals surface area (Å²) in [5.74, 6) is -0.0980. The van der Waals surface area contributed by atoms with Crippen molar-refractivity contribution >= 4 is 28.9 Å². The third-order valence-electron chi connectivity index (χ3n) is 4.27. The summed E-state index contributed by atoms with van der Waals surface area (Å²) >= 11 is 0. The number of nitrogens with one attached hydrogen (secondary N) is 1. The van der Waals surface area contributed by atoms with Crippen molar-refractivity contribution in [1.82, 2.24) is 5.32 Å². The Kier molecular flexibility index (Phi) is 6.17. The van der Waals surface area contributed by atoms with E-state index < -0.39 is 17.4 Å². The Morgan fingerprint density at radius 3 is 2.27 bits per heavy atom. The van der Waals surface area contributed by atoms with Gasteiger partial charge in [0.2, 0.25) is 0 Å². The van der Waals surface area contributed by atoms with Crippen molar-refractivity contribution in [3.63, 3.8) is 0 Å². The molecule has 1 N–H and O–H groups in total. The Labute approximate surface area is 171 Å². The van der Waals surface area contributed by atoms with Gasteiger partial charge in [-0.15, -0.1) is 0 Å². The molecule has 0 aliphatic heterocycles. The second kappa shape index (κ2) is 8.95. The number of hydrogen-bond donors (Lipinski definition) is 1. The maximum atomic E-state index is 12.4. The SMILES string of the molecule is COc1ccc(/C=C/C(=O)NC(=O)c2cc3c(OC)cc(OC)cc3oc2=O)cc1. The summed E-state index contributed by atoms with van der Waals surface area (Å²) in [4.78, 5) is 36.8. The van der Waals surface area contributed by atoms with Crippen LogP contribution in [0.15, 0.2) is 57.8 Å². The molecule has 0 saturated heterocycles. The molecule has 3 aromatic rings. The van der Waals surface area contributed by atoms with Crippen LogP contribution in [0.5, 0.6) is 17.2 Å². The fourth-order valence-electron chi connectivity index (χ4n) is 2.71. The summed E-state index contributed by atoms with van der Waals surface area (Å²) in [5, 5.41) is 2.53. The maximum absolute atomic E-state index is 12.4. The Morgan fingerprint density at radius 1 is 0.933 bits per heavy atom. The highest BCUT2D eigenvalue weighted by Gasteiger charge is 2.18. The van der Waals surface area contributed by atoms with Crippen molar-refractivity contribution in [1.29, 1.82) is 0 Å². The molecule has 3 rings (SSSR count). The smallest absolute Gasteiger partial charge is 0.349 e. The zero-order valence-corrected chi connectivity index (χ0v) is 16.6. The van der Waals surface area contributed by atoms with E-state index in [0.29, 0.717) is 22.6 Å². The Morgan fingerprint density at radius 2 is 1.63 bits per heavy atom. The van der Waals surface area contributed by atoms with Crippen LogP contribution in [0.2, 0.25) is 0 Å². The summed E-state index contributed by atoms with van der Waals surface area (Å²) in [6.07, 6.45) is 2.72. The van der Waals surface area contributed by atoms with Crippen LogP contribution in [0.25, 0.3) is 17.0 Å². The average molecular weight is 409 g/mol. The molecule has 0 saturated carbocycles. The van der Waals surface area contributed by atoms with Crippen molar-refractivity contribution < 1.29 is 28.2 Å². The van der Waals surface area contributed by atoms with E-state index >= 15 is 0 Å². The molecule has 8 nitrogen and oxygen atoms in total. The van der Waals surface area contributed by atoms with Gasteiger partial charge in [-0.25, -0.2) is 4.79 Å². The second-order valence-electron chi connectivity index (χ2n) is 6.11. The van der Waals surface area contributed by atoms with E-state index in [9.17, 15) is 14.4 Å². The molecule has 0 atom stereocenters. The lowest BCUT2D eigenvalue weighted by molar-refractivity contribution is -0.115. The van der Waals surface area contributed by atoms with Gasteiger partial charge in [0.15, 0.2) is 0 Å². The molecule has 0 aliphatic carbocycles. The van der Waals surface area contributed by atoms with Gasteiger partial charge in [0.25, 0.3) is 11.8 Å². The highest BCUT2D eigenvalue weighted by molar-refractivity contribution is 6.09. The lowest BCUT2D eigenvalue weighted by atomic mass is 10.1. The molecule has 30 heavy (non-hydrogen) atoms. The minimum absolute atomic E-state index is 0.193. The first kappa shape index (κ1) is 20.7. The van der Waals surface area contributed by atoms with Gasteiger partial charge in [-0.05, 0) is 29.8 Å². The third kappa shape index (κ3) is 4.49. The number of benzene rings is 2. The van der Waals surface area contributed by atoms with Crippen LogP contribution >= 0.6 is 0 Å². The number of imide groups is 1. The van der Waals surface area contributed by atoms with Crippen molar-refractivity contribution in [2.24, 2.45) is 0 Å². The summed E-state index contributed by atoms with van der Waals surface area (Å²) < 4.78 is 20.7. The normalized spacial score (nSPS) is 10.8. The van der Waals surface area contributed by atoms with Crippen LogP contribution in [-0.4, -0.2) is 33.1 Å². The minimum atomic E-state index is -0.887. The summed E-state index contributed by atoms with van der Waals surface area (Å²) in [6.45, 7) is 0. The van der Waals surface area contributed by atoms with Crippen LogP contribution in [0, 0.1) is 0 Å². The highest BCUT2D eigenvalue weighted by atomic mass is 16.5. The van der Waals surface area contributed by atoms with Gasteiger partial charge in [0.05, 0.1) is 26.7 Å². The van der Waals surface area contributed by atoms with E-state index in [1.165, 1.54) is 38.5 Å². The molecule has 0 fully saturated rings. The predicted molar refractivity (Wildman–Crippen MR) is 110 cm³/mol. The third-order valence-corrected chi connectivity index (χ3v) is 4.27. The van der Waals surface area contributed by atoms with Crippen molar-refractivity contribution in [2.75, 3.05) is 21.3 Å². The number of carbonyl (C=O) groups excluding carboxylic acids is 2. The van der Waals surface area contributed by atoms with Crippen LogP contribution in [-0.2, 0) is 4.79 Å². The van der Waals surface area contributed by atoms with Crippen molar-refractivity contribution in [3.8, 4) is 17.2 Å². The largest absolute Gasteiger partial charge is 0.497 e. The maximum Gasteiger partial charge on any atom is 0.349 e. The molecule has 0 unspecified atom stereocenters. The number of carbonyl (C=O) groups is 2. The van der Waals surface area contributed by atoms with E-state index in [0.717, 1.165) is 5.56 Å². The second-order valence-corrected chi connectivity index (χ2v) is 6.11. The molecular weight excluding hydrogens is 390 g/mol. The van der Waals surface area contributed by atoms with E-state index in [1.807, 2.05) is 0 Å². The molecule has 2 aromatic carbocycles. The summed E-state index contributed by atoms with van der Waals surface area (Å²) in [5.41, 5.74) is -0.278. The van der Waals surface area contributed by atoms with Crippen molar-refractivity contribution in [2.45, 2.75) is 0 Å². The van der Waals surface area contributed by atoms with E-state index in [2.05, 4.69) is 5.32 Å². The first-order chi connectivity index (χ1) is 14.4. The Balaban J connectivity index is 1.81. The van der Waals surface area contributed by atoms with Gasteiger partial charge in [-0.2, -0.15) is 0 Å². The molecule has 1 aromatic heterocycles. The highest BCUT2D eigenvalue weighted by Crippen LogP contribution is 2.30. The van der Waals surface area contributed by atoms with E-state index in [1.54, 1.807) is 37.4 Å². The molecule has 2 amide bonds. The van der Waals surface area contributed by atoms with E-state index in [-0.39, 0.29) is 11.1 Å². The number of methoxy groups -OCH3 is 3. The molecule has 0 radical (unpaired) electrons. The summed E-state index contributed by atoms with van der Waals surface area (Å²) in [6, 6.07) is 11.4. The predicted octanol–water partition coefficient (Wildman–Crippen LogP) is 2.79. The van der Waals surface area contributed by atoms with Crippen LogP contribution in [0.1, 0.15) is 15.9 Å². The number of rotatable bonds is 6. The minimum Gasteiger partial charge on any atom is -0.497 e.